The quantitative estimate of drug-likeness (QED) is 0.571. The highest BCUT2D eigenvalue weighted by molar-refractivity contribution is 6.74. The summed E-state index contributed by atoms with van der Waals surface area (Å²) in [5, 5.41) is 4.45. The first-order chi connectivity index (χ1) is 8.24. The zero-order valence-electron chi connectivity index (χ0n) is 12.4. The van der Waals surface area contributed by atoms with Gasteiger partial charge in [0.15, 0.2) is 8.32 Å². The van der Waals surface area contributed by atoms with Gasteiger partial charge in [0.25, 0.3) is 0 Å². The van der Waals surface area contributed by atoms with E-state index in [1.54, 1.807) is 6.20 Å². The van der Waals surface area contributed by atoms with Gasteiger partial charge in [-0.15, -0.1) is 0 Å². The molecule has 0 N–H and O–H groups in total. The minimum Gasteiger partial charge on any atom is -0.417 e. The monoisotopic (exact) mass is 266 g/mol. The molecule has 1 rings (SSSR count). The molecule has 3 nitrogen and oxygen atoms in total. The summed E-state index contributed by atoms with van der Waals surface area (Å²) in [6.45, 7) is 16.2. The third kappa shape index (κ3) is 4.10. The molecule has 0 fully saturated rings. The van der Waals surface area contributed by atoms with E-state index in [0.29, 0.717) is 0 Å². The van der Waals surface area contributed by atoms with Crippen molar-refractivity contribution in [3.8, 4) is 0 Å². The van der Waals surface area contributed by atoms with Crippen molar-refractivity contribution in [3.63, 3.8) is 0 Å². The normalized spacial score (nSPS) is 12.7. The van der Waals surface area contributed by atoms with Gasteiger partial charge >= 0.3 is 0 Å². The third-order valence-corrected chi connectivity index (χ3v) is 8.25. The predicted molar refractivity (Wildman–Crippen MR) is 79.9 cm³/mol. The number of hydrogen-bond acceptors (Lipinski definition) is 2. The largest absolute Gasteiger partial charge is 0.417 e. The van der Waals surface area contributed by atoms with E-state index in [9.17, 15) is 0 Å². The van der Waals surface area contributed by atoms with Crippen LogP contribution in [0.5, 0.6) is 0 Å². The first-order valence-corrected chi connectivity index (χ1v) is 9.46. The van der Waals surface area contributed by atoms with Crippen LogP contribution in [0.25, 0.3) is 5.70 Å². The zero-order valence-corrected chi connectivity index (χ0v) is 13.4. The molecule has 102 valence electrons. The Morgan fingerprint density at radius 2 is 2.06 bits per heavy atom. The number of allylic oxidation sites excluding steroid dienone is 1. The van der Waals surface area contributed by atoms with Gasteiger partial charge in [-0.2, -0.15) is 5.10 Å². The summed E-state index contributed by atoms with van der Waals surface area (Å²) in [5.41, 5.74) is 1.03. The summed E-state index contributed by atoms with van der Waals surface area (Å²) in [5.74, 6) is 0. The van der Waals surface area contributed by atoms with E-state index >= 15 is 0 Å². The Balaban J connectivity index is 2.29. The topological polar surface area (TPSA) is 27.1 Å². The number of hydrogen-bond donors (Lipinski definition) is 0. The molecule has 0 atom stereocenters. The fraction of sp³-hybridized carbons (Fsp3) is 0.643. The first-order valence-electron chi connectivity index (χ1n) is 6.56. The van der Waals surface area contributed by atoms with Gasteiger partial charge in [0.05, 0.1) is 0 Å². The van der Waals surface area contributed by atoms with Crippen molar-refractivity contribution in [2.45, 2.75) is 51.7 Å². The first kappa shape index (κ1) is 15.2. The summed E-state index contributed by atoms with van der Waals surface area (Å²) < 4.78 is 7.96. The molecule has 0 unspecified atom stereocenters. The SMILES string of the molecule is C=C(CCCO[Si](C)(C)C(C)(C)C)n1cccn1. The Kier molecular flexibility index (Phi) is 4.93. The second-order valence-corrected chi connectivity index (χ2v) is 11.0. The molecular weight excluding hydrogens is 240 g/mol. The lowest BCUT2D eigenvalue weighted by atomic mass is 10.2. The van der Waals surface area contributed by atoms with E-state index in [0.717, 1.165) is 25.1 Å². The summed E-state index contributed by atoms with van der Waals surface area (Å²) in [6, 6.07) is 1.91. The van der Waals surface area contributed by atoms with Crippen molar-refractivity contribution in [1.82, 2.24) is 9.78 Å². The van der Waals surface area contributed by atoms with Crippen LogP contribution < -0.4 is 0 Å². The molecule has 0 spiro atoms. The maximum atomic E-state index is 6.13. The number of rotatable bonds is 6. The van der Waals surface area contributed by atoms with E-state index in [1.807, 2.05) is 16.9 Å². The van der Waals surface area contributed by atoms with Crippen molar-refractivity contribution < 1.29 is 4.43 Å². The van der Waals surface area contributed by atoms with Crippen LogP contribution in [0.2, 0.25) is 18.1 Å². The molecule has 0 amide bonds. The van der Waals surface area contributed by atoms with E-state index in [1.165, 1.54) is 0 Å². The van der Waals surface area contributed by atoms with Crippen LogP contribution in [0, 0.1) is 0 Å². The number of aromatic nitrogens is 2. The van der Waals surface area contributed by atoms with Gasteiger partial charge in [-0.1, -0.05) is 27.4 Å². The predicted octanol–water partition coefficient (Wildman–Crippen LogP) is 4.16. The number of nitrogens with zero attached hydrogens (tertiary/aromatic N) is 2. The van der Waals surface area contributed by atoms with Crippen LogP contribution >= 0.6 is 0 Å². The lowest BCUT2D eigenvalue weighted by Gasteiger charge is -2.36. The summed E-state index contributed by atoms with van der Waals surface area (Å²) >= 11 is 0. The van der Waals surface area contributed by atoms with E-state index in [4.69, 9.17) is 4.43 Å². The molecule has 1 heterocycles. The standard InChI is InChI=1S/C14H26N2OSi/c1-13(16-11-8-10-15-16)9-7-12-17-18(5,6)14(2,3)4/h8,10-11H,1,7,9,12H2,2-6H3. The van der Waals surface area contributed by atoms with Gasteiger partial charge < -0.3 is 4.43 Å². The Morgan fingerprint density at radius 3 is 2.56 bits per heavy atom. The van der Waals surface area contributed by atoms with Crippen molar-refractivity contribution in [2.24, 2.45) is 0 Å². The van der Waals surface area contributed by atoms with Crippen LogP contribution in [0.3, 0.4) is 0 Å². The van der Waals surface area contributed by atoms with Gasteiger partial charge in [0, 0.05) is 24.7 Å². The average Bonchev–Trinajstić information content (AvgIpc) is 2.75. The lowest BCUT2D eigenvalue weighted by molar-refractivity contribution is 0.283. The Bertz CT molecular complexity index is 377. The molecule has 18 heavy (non-hydrogen) atoms. The van der Waals surface area contributed by atoms with E-state index in [-0.39, 0.29) is 5.04 Å². The molecule has 0 aliphatic rings. The van der Waals surface area contributed by atoms with Gasteiger partial charge in [-0.25, -0.2) is 4.68 Å². The molecule has 0 aliphatic heterocycles. The van der Waals surface area contributed by atoms with Crippen LogP contribution in [-0.4, -0.2) is 24.7 Å². The van der Waals surface area contributed by atoms with Gasteiger partial charge in [-0.05, 0) is 37.0 Å². The Labute approximate surface area is 112 Å². The van der Waals surface area contributed by atoms with Crippen molar-refractivity contribution in [1.29, 1.82) is 0 Å². The van der Waals surface area contributed by atoms with E-state index in [2.05, 4.69) is 45.5 Å². The van der Waals surface area contributed by atoms with E-state index < -0.39 is 8.32 Å². The molecule has 4 heteroatoms. The lowest BCUT2D eigenvalue weighted by Crippen LogP contribution is -2.40. The van der Waals surface area contributed by atoms with Crippen LogP contribution in [0.4, 0.5) is 0 Å². The molecule has 0 saturated heterocycles. The van der Waals surface area contributed by atoms with Crippen LogP contribution in [-0.2, 0) is 4.43 Å². The zero-order chi connectivity index (χ0) is 13.8. The molecule has 0 bridgehead atoms. The minimum atomic E-state index is -1.60. The highest BCUT2D eigenvalue weighted by Crippen LogP contribution is 2.36. The van der Waals surface area contributed by atoms with Crippen LogP contribution in [0.15, 0.2) is 25.0 Å². The van der Waals surface area contributed by atoms with Gasteiger partial charge in [0.2, 0.25) is 0 Å². The summed E-state index contributed by atoms with van der Waals surface area (Å²) in [6.07, 6.45) is 5.63. The molecule has 1 aromatic heterocycles. The molecule has 0 radical (unpaired) electrons. The highest BCUT2D eigenvalue weighted by atomic mass is 28.4. The highest BCUT2D eigenvalue weighted by Gasteiger charge is 2.36. The third-order valence-electron chi connectivity index (χ3n) is 3.71. The second kappa shape index (κ2) is 5.84. The average molecular weight is 266 g/mol. The summed E-state index contributed by atoms with van der Waals surface area (Å²) in [4.78, 5) is 0. The summed E-state index contributed by atoms with van der Waals surface area (Å²) in [7, 11) is -1.60. The Hall–Kier alpha value is -0.873. The smallest absolute Gasteiger partial charge is 0.191 e. The fourth-order valence-corrected chi connectivity index (χ4v) is 2.48. The molecule has 0 aromatic carbocycles. The molecular formula is C14H26N2OSi. The molecule has 0 aliphatic carbocycles. The van der Waals surface area contributed by atoms with Crippen LogP contribution in [0.1, 0.15) is 33.6 Å². The maximum absolute atomic E-state index is 6.13. The maximum Gasteiger partial charge on any atom is 0.191 e. The van der Waals surface area contributed by atoms with Gasteiger partial charge in [-0.3, -0.25) is 0 Å². The van der Waals surface area contributed by atoms with Crippen molar-refractivity contribution >= 4 is 14.0 Å². The fourth-order valence-electron chi connectivity index (χ4n) is 1.39. The van der Waals surface area contributed by atoms with Crippen molar-refractivity contribution in [2.75, 3.05) is 6.61 Å². The van der Waals surface area contributed by atoms with Gasteiger partial charge in [0.1, 0.15) is 0 Å². The van der Waals surface area contributed by atoms with Crippen molar-refractivity contribution in [3.05, 3.63) is 25.0 Å². The molecule has 0 saturated carbocycles. The molecule has 1 aromatic rings. The second-order valence-electron chi connectivity index (χ2n) is 6.23. The Morgan fingerprint density at radius 1 is 1.39 bits per heavy atom. The minimum absolute atomic E-state index is 0.284.